The molecule has 0 N–H and O–H groups in total. The molecule has 0 saturated heterocycles. The van der Waals surface area contributed by atoms with Gasteiger partial charge in [-0.3, -0.25) is 9.48 Å². The first kappa shape index (κ1) is 8.74. The van der Waals surface area contributed by atoms with Gasteiger partial charge in [-0.05, 0) is 13.0 Å². The molecule has 0 atom stereocenters. The SMILES string of the molecule is Cc1c(-c2ccoc2C=O)cnn1C. The highest BCUT2D eigenvalue weighted by Crippen LogP contribution is 2.26. The highest BCUT2D eigenvalue weighted by atomic mass is 16.3. The van der Waals surface area contributed by atoms with Gasteiger partial charge in [-0.2, -0.15) is 5.10 Å². The predicted octanol–water partition coefficient (Wildman–Crippen LogP) is 1.80. The van der Waals surface area contributed by atoms with Crippen LogP contribution in [0.15, 0.2) is 22.9 Å². The van der Waals surface area contributed by atoms with E-state index in [0.29, 0.717) is 12.0 Å². The average molecular weight is 190 g/mol. The maximum atomic E-state index is 10.7. The number of aromatic nitrogens is 2. The molecule has 14 heavy (non-hydrogen) atoms. The number of hydrogen-bond acceptors (Lipinski definition) is 3. The molecule has 0 bridgehead atoms. The molecule has 0 aliphatic rings. The van der Waals surface area contributed by atoms with Crippen LogP contribution in [0.4, 0.5) is 0 Å². The van der Waals surface area contributed by atoms with Crippen LogP contribution in [0.25, 0.3) is 11.1 Å². The summed E-state index contributed by atoms with van der Waals surface area (Å²) in [6, 6.07) is 1.77. The Labute approximate surface area is 81.1 Å². The second kappa shape index (κ2) is 3.14. The van der Waals surface area contributed by atoms with E-state index in [1.54, 1.807) is 16.9 Å². The first-order chi connectivity index (χ1) is 6.74. The number of rotatable bonds is 2. The van der Waals surface area contributed by atoms with Crippen molar-refractivity contribution in [2.45, 2.75) is 6.92 Å². The van der Waals surface area contributed by atoms with Gasteiger partial charge >= 0.3 is 0 Å². The molecule has 0 unspecified atom stereocenters. The molecule has 0 spiro atoms. The molecular weight excluding hydrogens is 180 g/mol. The van der Waals surface area contributed by atoms with Crippen molar-refractivity contribution in [2.75, 3.05) is 0 Å². The lowest BCUT2D eigenvalue weighted by Gasteiger charge is -1.97. The predicted molar refractivity (Wildman–Crippen MR) is 51.0 cm³/mol. The van der Waals surface area contributed by atoms with E-state index in [0.717, 1.165) is 16.8 Å². The molecule has 2 aromatic heterocycles. The van der Waals surface area contributed by atoms with Crippen molar-refractivity contribution in [3.05, 3.63) is 30.0 Å². The van der Waals surface area contributed by atoms with E-state index in [1.807, 2.05) is 14.0 Å². The second-order valence-corrected chi connectivity index (χ2v) is 3.08. The number of aldehydes is 1. The fourth-order valence-corrected chi connectivity index (χ4v) is 1.40. The number of nitrogens with zero attached hydrogens (tertiary/aromatic N) is 2. The molecule has 72 valence electrons. The highest BCUT2D eigenvalue weighted by molar-refractivity contribution is 5.84. The summed E-state index contributed by atoms with van der Waals surface area (Å²) in [6.07, 6.45) is 3.94. The van der Waals surface area contributed by atoms with E-state index in [1.165, 1.54) is 6.26 Å². The van der Waals surface area contributed by atoms with Crippen molar-refractivity contribution in [3.8, 4) is 11.1 Å². The molecule has 2 heterocycles. The van der Waals surface area contributed by atoms with Crippen molar-refractivity contribution < 1.29 is 9.21 Å². The minimum Gasteiger partial charge on any atom is -0.461 e. The molecule has 0 aliphatic heterocycles. The van der Waals surface area contributed by atoms with Gasteiger partial charge in [-0.1, -0.05) is 0 Å². The fourth-order valence-electron chi connectivity index (χ4n) is 1.40. The molecule has 4 nitrogen and oxygen atoms in total. The maximum absolute atomic E-state index is 10.7. The average Bonchev–Trinajstić information content (AvgIpc) is 2.75. The third-order valence-corrected chi connectivity index (χ3v) is 2.33. The van der Waals surface area contributed by atoms with Crippen LogP contribution < -0.4 is 0 Å². The minimum atomic E-state index is 0.348. The van der Waals surface area contributed by atoms with E-state index < -0.39 is 0 Å². The quantitative estimate of drug-likeness (QED) is 0.678. The molecule has 0 amide bonds. The molecule has 0 fully saturated rings. The Morgan fingerprint density at radius 3 is 2.86 bits per heavy atom. The zero-order valence-corrected chi connectivity index (χ0v) is 8.02. The Kier molecular flexibility index (Phi) is 1.96. The van der Waals surface area contributed by atoms with Gasteiger partial charge in [0.15, 0.2) is 12.0 Å². The van der Waals surface area contributed by atoms with Gasteiger partial charge in [-0.25, -0.2) is 0 Å². The van der Waals surface area contributed by atoms with Crippen molar-refractivity contribution >= 4 is 6.29 Å². The number of carbonyl (C=O) groups excluding carboxylic acids is 1. The minimum absolute atomic E-state index is 0.348. The third kappa shape index (κ3) is 1.16. The molecule has 4 heteroatoms. The van der Waals surface area contributed by atoms with Gasteiger partial charge in [0.25, 0.3) is 0 Å². The van der Waals surface area contributed by atoms with Gasteiger partial charge in [-0.15, -0.1) is 0 Å². The van der Waals surface area contributed by atoms with Crippen molar-refractivity contribution in [1.29, 1.82) is 0 Å². The summed E-state index contributed by atoms with van der Waals surface area (Å²) in [6.45, 7) is 1.95. The molecule has 0 aliphatic carbocycles. The zero-order valence-electron chi connectivity index (χ0n) is 8.02. The molecule has 0 radical (unpaired) electrons. The van der Waals surface area contributed by atoms with Crippen LogP contribution in [-0.2, 0) is 7.05 Å². The Morgan fingerprint density at radius 1 is 1.50 bits per heavy atom. The Hall–Kier alpha value is -1.84. The molecule has 0 aromatic carbocycles. The summed E-state index contributed by atoms with van der Waals surface area (Å²) in [7, 11) is 1.86. The van der Waals surface area contributed by atoms with Crippen LogP contribution >= 0.6 is 0 Å². The first-order valence-corrected chi connectivity index (χ1v) is 4.25. The smallest absolute Gasteiger partial charge is 0.185 e. The highest BCUT2D eigenvalue weighted by Gasteiger charge is 2.12. The Bertz CT molecular complexity index is 468. The second-order valence-electron chi connectivity index (χ2n) is 3.08. The van der Waals surface area contributed by atoms with Crippen LogP contribution in [0, 0.1) is 6.92 Å². The normalized spacial score (nSPS) is 10.4. The number of aryl methyl sites for hydroxylation is 1. The Balaban J connectivity index is 2.59. The van der Waals surface area contributed by atoms with Gasteiger partial charge in [0.1, 0.15) is 0 Å². The van der Waals surface area contributed by atoms with E-state index in [4.69, 9.17) is 4.42 Å². The standard InChI is InChI=1S/C10H10N2O2/c1-7-9(5-11-12(7)2)8-3-4-14-10(8)6-13/h3-6H,1-2H3. The number of furan rings is 1. The lowest BCUT2D eigenvalue weighted by atomic mass is 10.1. The van der Waals surface area contributed by atoms with Crippen LogP contribution in [0.2, 0.25) is 0 Å². The third-order valence-electron chi connectivity index (χ3n) is 2.33. The summed E-state index contributed by atoms with van der Waals surface area (Å²) in [5.41, 5.74) is 2.74. The summed E-state index contributed by atoms with van der Waals surface area (Å²) in [5, 5.41) is 4.11. The lowest BCUT2D eigenvalue weighted by molar-refractivity contribution is 0.110. The molecule has 2 rings (SSSR count). The summed E-state index contributed by atoms with van der Waals surface area (Å²) >= 11 is 0. The van der Waals surface area contributed by atoms with E-state index in [2.05, 4.69) is 5.10 Å². The topological polar surface area (TPSA) is 48.0 Å². The largest absolute Gasteiger partial charge is 0.461 e. The van der Waals surface area contributed by atoms with E-state index >= 15 is 0 Å². The van der Waals surface area contributed by atoms with E-state index in [9.17, 15) is 4.79 Å². The van der Waals surface area contributed by atoms with Gasteiger partial charge in [0.05, 0.1) is 12.5 Å². The van der Waals surface area contributed by atoms with E-state index in [-0.39, 0.29) is 0 Å². The van der Waals surface area contributed by atoms with Crippen LogP contribution in [0.1, 0.15) is 16.2 Å². The van der Waals surface area contributed by atoms with Crippen molar-refractivity contribution in [2.24, 2.45) is 7.05 Å². The van der Waals surface area contributed by atoms with Gasteiger partial charge < -0.3 is 4.42 Å². The summed E-state index contributed by atoms with van der Waals surface area (Å²) in [4.78, 5) is 10.7. The molecule has 2 aromatic rings. The first-order valence-electron chi connectivity index (χ1n) is 4.25. The van der Waals surface area contributed by atoms with Crippen LogP contribution in [0.5, 0.6) is 0 Å². The van der Waals surface area contributed by atoms with Gasteiger partial charge in [0, 0.05) is 23.9 Å². The molecular formula is C10H10N2O2. The van der Waals surface area contributed by atoms with Crippen LogP contribution in [-0.4, -0.2) is 16.1 Å². The number of carbonyl (C=O) groups is 1. The van der Waals surface area contributed by atoms with Gasteiger partial charge in [0.2, 0.25) is 0 Å². The lowest BCUT2D eigenvalue weighted by Crippen LogP contribution is -1.92. The molecule has 0 saturated carbocycles. The fraction of sp³-hybridized carbons (Fsp3) is 0.200. The Morgan fingerprint density at radius 2 is 2.29 bits per heavy atom. The zero-order chi connectivity index (χ0) is 10.1. The summed E-state index contributed by atoms with van der Waals surface area (Å²) in [5.74, 6) is 0.348. The monoisotopic (exact) mass is 190 g/mol. The van der Waals surface area contributed by atoms with Crippen molar-refractivity contribution in [3.63, 3.8) is 0 Å². The van der Waals surface area contributed by atoms with Crippen molar-refractivity contribution in [1.82, 2.24) is 9.78 Å². The summed E-state index contributed by atoms with van der Waals surface area (Å²) < 4.78 is 6.79. The maximum Gasteiger partial charge on any atom is 0.185 e. The van der Waals surface area contributed by atoms with Crippen LogP contribution in [0.3, 0.4) is 0 Å². The number of hydrogen-bond donors (Lipinski definition) is 0.